The molecule has 0 aliphatic heterocycles. The number of halogens is 1. The van der Waals surface area contributed by atoms with E-state index in [2.05, 4.69) is 53.2 Å². The summed E-state index contributed by atoms with van der Waals surface area (Å²) in [4.78, 5) is 17.2. The minimum atomic E-state index is -0.274. The summed E-state index contributed by atoms with van der Waals surface area (Å²) in [5.41, 5.74) is 2.84. The topological polar surface area (TPSA) is 47.5 Å². The predicted octanol–water partition coefficient (Wildman–Crippen LogP) is 4.91. The van der Waals surface area contributed by atoms with Crippen LogP contribution in [0.2, 0.25) is 0 Å². The molecular formula is C20H25BrN2O2. The largest absolute Gasteiger partial charge is 0.428 e. The van der Waals surface area contributed by atoms with Crippen LogP contribution in [-0.4, -0.2) is 10.5 Å². The third kappa shape index (κ3) is 3.81. The monoisotopic (exact) mass is 404 g/mol. The van der Waals surface area contributed by atoms with E-state index < -0.39 is 0 Å². The van der Waals surface area contributed by atoms with Crippen molar-refractivity contribution in [3.05, 3.63) is 50.9 Å². The molecule has 0 unspecified atom stereocenters. The summed E-state index contributed by atoms with van der Waals surface area (Å²) < 4.78 is 8.90. The lowest BCUT2D eigenvalue weighted by molar-refractivity contribution is 0.0990. The molecule has 0 radical (unpaired) electrons. The van der Waals surface area contributed by atoms with Gasteiger partial charge in [0.2, 0.25) is 0 Å². The molecule has 0 N–H and O–H groups in total. The standard InChI is InChI=1S/C20H25BrN2O2/c1-12-7-6-8-15(21)16(12)18(24)22-19-23(11-14-9-10-14)13(2)17(25-19)20(3,4)5/h6-8,14H,9-11H2,1-5H3/b22-19-. The molecule has 3 rings (SSSR count). The van der Waals surface area contributed by atoms with Gasteiger partial charge in [-0.1, -0.05) is 32.9 Å². The number of aromatic nitrogens is 1. The lowest BCUT2D eigenvalue weighted by atomic mass is 9.92. The molecule has 0 bridgehead atoms. The van der Waals surface area contributed by atoms with Gasteiger partial charge in [-0.25, -0.2) is 0 Å². The van der Waals surface area contributed by atoms with Gasteiger partial charge >= 0.3 is 5.68 Å². The predicted molar refractivity (Wildman–Crippen MR) is 102 cm³/mol. The Morgan fingerprint density at radius 2 is 2.00 bits per heavy atom. The molecule has 0 spiro atoms. The van der Waals surface area contributed by atoms with Gasteiger partial charge in [0.25, 0.3) is 5.91 Å². The van der Waals surface area contributed by atoms with E-state index >= 15 is 0 Å². The molecular weight excluding hydrogens is 380 g/mol. The second-order valence-corrected chi connectivity index (χ2v) is 8.81. The van der Waals surface area contributed by atoms with Gasteiger partial charge in [0, 0.05) is 16.4 Å². The summed E-state index contributed by atoms with van der Waals surface area (Å²) in [5, 5.41) is 0. The maximum Gasteiger partial charge on any atom is 0.305 e. The van der Waals surface area contributed by atoms with Gasteiger partial charge < -0.3 is 4.42 Å². The maximum absolute atomic E-state index is 12.8. The van der Waals surface area contributed by atoms with Crippen LogP contribution in [0.3, 0.4) is 0 Å². The first-order valence-electron chi connectivity index (χ1n) is 8.73. The molecule has 1 aromatic carbocycles. The van der Waals surface area contributed by atoms with Crippen LogP contribution in [0, 0.1) is 19.8 Å². The summed E-state index contributed by atoms with van der Waals surface area (Å²) >= 11 is 3.46. The highest BCUT2D eigenvalue weighted by Gasteiger charge is 2.28. The molecule has 1 aliphatic rings. The smallest absolute Gasteiger partial charge is 0.305 e. The van der Waals surface area contributed by atoms with Crippen LogP contribution in [0.5, 0.6) is 0 Å². The number of nitrogens with zero attached hydrogens (tertiary/aromatic N) is 2. The minimum Gasteiger partial charge on any atom is -0.428 e. The molecule has 1 fully saturated rings. The average molecular weight is 405 g/mol. The zero-order valence-corrected chi connectivity index (χ0v) is 17.1. The first kappa shape index (κ1) is 18.2. The highest BCUT2D eigenvalue weighted by atomic mass is 79.9. The van der Waals surface area contributed by atoms with E-state index in [1.807, 2.05) is 25.1 Å². The summed E-state index contributed by atoms with van der Waals surface area (Å²) in [6.07, 6.45) is 2.47. The van der Waals surface area contributed by atoms with Crippen molar-refractivity contribution in [2.45, 2.75) is 59.4 Å². The van der Waals surface area contributed by atoms with Crippen molar-refractivity contribution in [1.29, 1.82) is 0 Å². The first-order valence-corrected chi connectivity index (χ1v) is 9.52. The second kappa shape index (κ2) is 6.60. The van der Waals surface area contributed by atoms with E-state index in [0.717, 1.165) is 28.0 Å². The number of benzene rings is 1. The van der Waals surface area contributed by atoms with Crippen molar-refractivity contribution in [3.8, 4) is 0 Å². The summed E-state index contributed by atoms with van der Waals surface area (Å²) in [7, 11) is 0. The molecule has 0 saturated heterocycles. The Hall–Kier alpha value is -1.62. The van der Waals surface area contributed by atoms with E-state index in [9.17, 15) is 4.79 Å². The average Bonchev–Trinajstić information content (AvgIpc) is 3.25. The van der Waals surface area contributed by atoms with Crippen molar-refractivity contribution < 1.29 is 9.21 Å². The molecule has 0 atom stereocenters. The number of oxazole rings is 1. The molecule has 134 valence electrons. The van der Waals surface area contributed by atoms with E-state index in [1.165, 1.54) is 12.8 Å². The number of hydrogen-bond donors (Lipinski definition) is 0. The van der Waals surface area contributed by atoms with Gasteiger partial charge in [-0.2, -0.15) is 4.99 Å². The van der Waals surface area contributed by atoms with Gasteiger partial charge in [0.05, 0.1) is 11.3 Å². The molecule has 25 heavy (non-hydrogen) atoms. The lowest BCUT2D eigenvalue weighted by Gasteiger charge is -2.15. The summed E-state index contributed by atoms with van der Waals surface area (Å²) in [6, 6.07) is 5.69. The van der Waals surface area contributed by atoms with Crippen LogP contribution in [0.25, 0.3) is 0 Å². The van der Waals surface area contributed by atoms with Gasteiger partial charge in [0.1, 0.15) is 5.76 Å². The summed E-state index contributed by atoms with van der Waals surface area (Å²) in [5.74, 6) is 1.29. The first-order chi connectivity index (χ1) is 11.7. The Morgan fingerprint density at radius 3 is 2.56 bits per heavy atom. The number of hydrogen-bond acceptors (Lipinski definition) is 2. The van der Waals surface area contributed by atoms with Crippen molar-refractivity contribution in [2.24, 2.45) is 10.9 Å². The van der Waals surface area contributed by atoms with Crippen LogP contribution in [0.1, 0.15) is 61.0 Å². The van der Waals surface area contributed by atoms with Crippen molar-refractivity contribution >= 4 is 21.8 Å². The Labute approximate surface area is 157 Å². The molecule has 1 amide bonds. The lowest BCUT2D eigenvalue weighted by Crippen LogP contribution is -2.21. The summed E-state index contributed by atoms with van der Waals surface area (Å²) in [6.45, 7) is 11.2. The molecule has 1 saturated carbocycles. The quantitative estimate of drug-likeness (QED) is 0.729. The molecule has 2 aromatic rings. The van der Waals surface area contributed by atoms with E-state index in [1.54, 1.807) is 0 Å². The Morgan fingerprint density at radius 1 is 1.32 bits per heavy atom. The molecule has 1 aliphatic carbocycles. The number of aryl methyl sites for hydroxylation is 1. The third-order valence-electron chi connectivity index (χ3n) is 4.61. The molecule has 5 heteroatoms. The fourth-order valence-corrected chi connectivity index (χ4v) is 3.72. The second-order valence-electron chi connectivity index (χ2n) is 7.95. The maximum atomic E-state index is 12.8. The number of rotatable bonds is 3. The zero-order valence-electron chi connectivity index (χ0n) is 15.5. The zero-order chi connectivity index (χ0) is 18.4. The van der Waals surface area contributed by atoms with Crippen molar-refractivity contribution in [1.82, 2.24) is 4.57 Å². The number of carbonyl (C=O) groups is 1. The molecule has 4 nitrogen and oxygen atoms in total. The van der Waals surface area contributed by atoms with Crippen LogP contribution < -0.4 is 5.68 Å². The highest BCUT2D eigenvalue weighted by molar-refractivity contribution is 9.10. The highest BCUT2D eigenvalue weighted by Crippen LogP contribution is 2.32. The third-order valence-corrected chi connectivity index (χ3v) is 5.27. The van der Waals surface area contributed by atoms with Crippen LogP contribution in [-0.2, 0) is 12.0 Å². The van der Waals surface area contributed by atoms with Gasteiger partial charge in [-0.15, -0.1) is 0 Å². The number of carbonyl (C=O) groups excluding carboxylic acids is 1. The Bertz CT molecular complexity index is 860. The van der Waals surface area contributed by atoms with Crippen molar-refractivity contribution in [3.63, 3.8) is 0 Å². The fourth-order valence-electron chi connectivity index (χ4n) is 3.08. The SMILES string of the molecule is Cc1cccc(Br)c1C(=O)/N=c1\oc(C(C)(C)C)c(C)n1CC1CC1. The van der Waals surface area contributed by atoms with Gasteiger partial charge in [-0.05, 0) is 60.2 Å². The van der Waals surface area contributed by atoms with E-state index in [-0.39, 0.29) is 11.3 Å². The Balaban J connectivity index is 2.11. The van der Waals surface area contributed by atoms with E-state index in [0.29, 0.717) is 17.2 Å². The van der Waals surface area contributed by atoms with Crippen molar-refractivity contribution in [2.75, 3.05) is 0 Å². The minimum absolute atomic E-state index is 0.130. The normalized spacial score (nSPS) is 15.7. The molecule has 1 aromatic heterocycles. The van der Waals surface area contributed by atoms with Crippen LogP contribution in [0.4, 0.5) is 0 Å². The van der Waals surface area contributed by atoms with Gasteiger partial charge in [-0.3, -0.25) is 9.36 Å². The molecule has 1 heterocycles. The number of amides is 1. The van der Waals surface area contributed by atoms with Crippen LogP contribution in [0.15, 0.2) is 32.1 Å². The fraction of sp³-hybridized carbons (Fsp3) is 0.500. The van der Waals surface area contributed by atoms with Gasteiger partial charge in [0.15, 0.2) is 0 Å². The van der Waals surface area contributed by atoms with E-state index in [4.69, 9.17) is 4.42 Å². The Kier molecular flexibility index (Phi) is 4.80. The van der Waals surface area contributed by atoms with Crippen LogP contribution >= 0.6 is 15.9 Å².